The van der Waals surface area contributed by atoms with Crippen molar-refractivity contribution in [1.82, 2.24) is 5.32 Å². The van der Waals surface area contributed by atoms with E-state index in [4.69, 9.17) is 17.3 Å². The van der Waals surface area contributed by atoms with Crippen molar-refractivity contribution in [1.29, 1.82) is 0 Å². The first-order chi connectivity index (χ1) is 9.00. The number of halogens is 2. The molecular formula is C13H14BrClN2O2. The van der Waals surface area contributed by atoms with Gasteiger partial charge in [0, 0.05) is 10.5 Å². The van der Waals surface area contributed by atoms with Crippen molar-refractivity contribution in [3.8, 4) is 0 Å². The molecule has 0 radical (unpaired) electrons. The van der Waals surface area contributed by atoms with Gasteiger partial charge < -0.3 is 11.1 Å². The van der Waals surface area contributed by atoms with Crippen molar-refractivity contribution in [2.45, 2.75) is 25.3 Å². The zero-order valence-corrected chi connectivity index (χ0v) is 12.5. The van der Waals surface area contributed by atoms with Gasteiger partial charge in [-0.25, -0.2) is 0 Å². The molecule has 1 aliphatic rings. The molecule has 0 heterocycles. The fourth-order valence-corrected chi connectivity index (χ4v) is 2.98. The summed E-state index contributed by atoms with van der Waals surface area (Å²) in [5.41, 5.74) is 5.73. The molecule has 1 saturated carbocycles. The van der Waals surface area contributed by atoms with Crippen LogP contribution < -0.4 is 11.1 Å². The molecule has 102 valence electrons. The van der Waals surface area contributed by atoms with Crippen molar-refractivity contribution in [2.75, 3.05) is 0 Å². The third kappa shape index (κ3) is 3.09. The highest BCUT2D eigenvalue weighted by molar-refractivity contribution is 9.10. The molecule has 0 spiro atoms. The van der Waals surface area contributed by atoms with E-state index in [0.717, 1.165) is 19.3 Å². The minimum atomic E-state index is -0.358. The molecule has 3 N–H and O–H groups in total. The SMILES string of the molecule is NC(=O)[C@H]1CCC[C@@H]1NC(=O)c1cccc(Br)c1Cl. The minimum Gasteiger partial charge on any atom is -0.369 e. The summed E-state index contributed by atoms with van der Waals surface area (Å²) >= 11 is 9.35. The summed E-state index contributed by atoms with van der Waals surface area (Å²) < 4.78 is 0.666. The van der Waals surface area contributed by atoms with Gasteiger partial charge in [0.25, 0.3) is 5.91 Å². The Morgan fingerprint density at radius 3 is 2.79 bits per heavy atom. The highest BCUT2D eigenvalue weighted by Gasteiger charge is 2.33. The fourth-order valence-electron chi connectivity index (χ4n) is 2.40. The van der Waals surface area contributed by atoms with Crippen LogP contribution in [0.3, 0.4) is 0 Å². The Bertz CT molecular complexity index is 521. The Hall–Kier alpha value is -1.07. The highest BCUT2D eigenvalue weighted by atomic mass is 79.9. The van der Waals surface area contributed by atoms with Gasteiger partial charge in [0.1, 0.15) is 0 Å². The smallest absolute Gasteiger partial charge is 0.253 e. The number of hydrogen-bond donors (Lipinski definition) is 2. The summed E-state index contributed by atoms with van der Waals surface area (Å²) in [6.07, 6.45) is 2.39. The Balaban J connectivity index is 2.13. The van der Waals surface area contributed by atoms with Gasteiger partial charge >= 0.3 is 0 Å². The lowest BCUT2D eigenvalue weighted by Crippen LogP contribution is -2.42. The lowest BCUT2D eigenvalue weighted by atomic mass is 10.0. The molecule has 1 aromatic rings. The molecule has 0 aromatic heterocycles. The molecule has 0 bridgehead atoms. The van der Waals surface area contributed by atoms with Gasteiger partial charge in [-0.2, -0.15) is 0 Å². The van der Waals surface area contributed by atoms with Gasteiger partial charge in [-0.3, -0.25) is 9.59 Å². The molecule has 6 heteroatoms. The Kier molecular flexibility index (Phi) is 4.47. The summed E-state index contributed by atoms with van der Waals surface area (Å²) in [7, 11) is 0. The van der Waals surface area contributed by atoms with Crippen LogP contribution in [0.1, 0.15) is 29.6 Å². The van der Waals surface area contributed by atoms with Crippen LogP contribution in [0.2, 0.25) is 5.02 Å². The van der Waals surface area contributed by atoms with E-state index in [0.29, 0.717) is 15.1 Å². The number of amides is 2. The van der Waals surface area contributed by atoms with Crippen LogP contribution in [0, 0.1) is 5.92 Å². The third-order valence-electron chi connectivity index (χ3n) is 3.39. The first kappa shape index (κ1) is 14.3. The molecule has 1 aromatic carbocycles. The molecule has 0 aliphatic heterocycles. The number of benzene rings is 1. The monoisotopic (exact) mass is 344 g/mol. The zero-order chi connectivity index (χ0) is 14.0. The molecule has 0 saturated heterocycles. The summed E-state index contributed by atoms with van der Waals surface area (Å²) in [5, 5.41) is 3.22. The van der Waals surface area contributed by atoms with Gasteiger partial charge in [-0.15, -0.1) is 0 Å². The van der Waals surface area contributed by atoms with Gasteiger partial charge in [0.2, 0.25) is 5.91 Å². The normalized spacial score (nSPS) is 22.2. The average Bonchev–Trinajstić information content (AvgIpc) is 2.80. The molecule has 1 fully saturated rings. The van der Waals surface area contributed by atoms with Crippen LogP contribution in [0.15, 0.2) is 22.7 Å². The van der Waals surface area contributed by atoms with E-state index in [1.165, 1.54) is 0 Å². The predicted molar refractivity (Wildman–Crippen MR) is 76.9 cm³/mol. The van der Waals surface area contributed by atoms with Gasteiger partial charge in [-0.1, -0.05) is 24.1 Å². The van der Waals surface area contributed by atoms with Crippen molar-refractivity contribution in [3.05, 3.63) is 33.3 Å². The van der Waals surface area contributed by atoms with E-state index in [2.05, 4.69) is 21.2 Å². The molecule has 19 heavy (non-hydrogen) atoms. The lowest BCUT2D eigenvalue weighted by Gasteiger charge is -2.18. The van der Waals surface area contributed by atoms with E-state index >= 15 is 0 Å². The molecular weight excluding hydrogens is 332 g/mol. The number of carbonyl (C=O) groups is 2. The predicted octanol–water partition coefficient (Wildman–Crippen LogP) is 2.49. The molecule has 0 unspecified atom stereocenters. The van der Waals surface area contributed by atoms with Gasteiger partial charge in [-0.05, 0) is 40.9 Å². The maximum absolute atomic E-state index is 12.2. The second-order valence-electron chi connectivity index (χ2n) is 4.62. The summed E-state index contributed by atoms with van der Waals surface area (Å²) in [6.45, 7) is 0. The quantitative estimate of drug-likeness (QED) is 0.883. The van der Waals surface area contributed by atoms with Crippen LogP contribution in [0.4, 0.5) is 0 Å². The Labute approximate surface area is 124 Å². The minimum absolute atomic E-state index is 0.194. The summed E-state index contributed by atoms with van der Waals surface area (Å²) in [6, 6.07) is 4.96. The maximum Gasteiger partial charge on any atom is 0.253 e. The third-order valence-corrected chi connectivity index (χ3v) is 4.69. The van der Waals surface area contributed by atoms with E-state index < -0.39 is 0 Å². The number of hydrogen-bond acceptors (Lipinski definition) is 2. The maximum atomic E-state index is 12.2. The summed E-state index contributed by atoms with van der Waals surface area (Å²) in [5.74, 6) is -0.914. The van der Waals surface area contributed by atoms with E-state index in [1.807, 2.05) is 0 Å². The zero-order valence-electron chi connectivity index (χ0n) is 10.2. The van der Waals surface area contributed by atoms with Crippen molar-refractivity contribution in [3.63, 3.8) is 0 Å². The van der Waals surface area contributed by atoms with Crippen LogP contribution >= 0.6 is 27.5 Å². The topological polar surface area (TPSA) is 72.2 Å². The average molecular weight is 346 g/mol. The van der Waals surface area contributed by atoms with Crippen molar-refractivity contribution in [2.24, 2.45) is 11.7 Å². The van der Waals surface area contributed by atoms with E-state index in [-0.39, 0.29) is 23.8 Å². The first-order valence-corrected chi connectivity index (χ1v) is 7.22. The van der Waals surface area contributed by atoms with Gasteiger partial charge in [0.15, 0.2) is 0 Å². The fraction of sp³-hybridized carbons (Fsp3) is 0.385. The number of nitrogens with two attached hydrogens (primary N) is 1. The molecule has 2 rings (SSSR count). The molecule has 1 aliphatic carbocycles. The second kappa shape index (κ2) is 5.92. The second-order valence-corrected chi connectivity index (χ2v) is 5.85. The number of carbonyl (C=O) groups excluding carboxylic acids is 2. The van der Waals surface area contributed by atoms with Gasteiger partial charge in [0.05, 0.1) is 16.5 Å². The molecule has 4 nitrogen and oxygen atoms in total. The largest absolute Gasteiger partial charge is 0.369 e. The van der Waals surface area contributed by atoms with E-state index in [1.54, 1.807) is 18.2 Å². The number of nitrogens with one attached hydrogen (secondary N) is 1. The number of primary amides is 1. The van der Waals surface area contributed by atoms with Crippen LogP contribution in [0.25, 0.3) is 0 Å². The number of rotatable bonds is 3. The van der Waals surface area contributed by atoms with Crippen LogP contribution in [-0.2, 0) is 4.79 Å². The van der Waals surface area contributed by atoms with Crippen LogP contribution in [-0.4, -0.2) is 17.9 Å². The summed E-state index contributed by atoms with van der Waals surface area (Å²) in [4.78, 5) is 23.5. The van der Waals surface area contributed by atoms with Crippen LogP contribution in [0.5, 0.6) is 0 Å². The lowest BCUT2D eigenvalue weighted by molar-refractivity contribution is -0.122. The van der Waals surface area contributed by atoms with Crippen molar-refractivity contribution < 1.29 is 9.59 Å². The standard InChI is InChI=1S/C13H14BrClN2O2/c14-9-5-1-4-8(11(9)15)13(19)17-10-6-2-3-7(10)12(16)18/h1,4-5,7,10H,2-3,6H2,(H2,16,18)(H,17,19)/t7-,10-/m0/s1. The Morgan fingerprint density at radius 2 is 2.11 bits per heavy atom. The molecule has 2 amide bonds. The molecule has 2 atom stereocenters. The first-order valence-electron chi connectivity index (χ1n) is 6.05. The van der Waals surface area contributed by atoms with E-state index in [9.17, 15) is 9.59 Å². The highest BCUT2D eigenvalue weighted by Crippen LogP contribution is 2.28. The Morgan fingerprint density at radius 1 is 1.37 bits per heavy atom. The van der Waals surface area contributed by atoms with Crippen molar-refractivity contribution >= 4 is 39.3 Å².